The van der Waals surface area contributed by atoms with E-state index in [1.807, 2.05) is 6.92 Å². The third-order valence-electron chi connectivity index (χ3n) is 5.64. The molecule has 200 valence electrons. The van der Waals surface area contributed by atoms with Crippen LogP contribution in [0.25, 0.3) is 0 Å². The third kappa shape index (κ3) is 6.75. The minimum absolute atomic E-state index is 0.0697. The van der Waals surface area contributed by atoms with Crippen molar-refractivity contribution >= 4 is 23.5 Å². The highest BCUT2D eigenvalue weighted by Gasteiger charge is 2.25. The molecule has 0 bridgehead atoms. The van der Waals surface area contributed by atoms with Crippen LogP contribution in [0.3, 0.4) is 0 Å². The summed E-state index contributed by atoms with van der Waals surface area (Å²) in [5.74, 6) is -2.41. The molecule has 0 fully saturated rings. The lowest BCUT2D eigenvalue weighted by Crippen LogP contribution is -2.46. The van der Waals surface area contributed by atoms with Gasteiger partial charge in [0, 0.05) is 0 Å². The Morgan fingerprint density at radius 1 is 0.947 bits per heavy atom. The van der Waals surface area contributed by atoms with E-state index in [2.05, 4.69) is 4.74 Å². The van der Waals surface area contributed by atoms with Crippen LogP contribution >= 0.6 is 0 Å². The Hall–Kier alpha value is -4.67. The number of rotatable bonds is 12. The van der Waals surface area contributed by atoms with Gasteiger partial charge in [0.15, 0.2) is 6.61 Å². The molecule has 2 aromatic carbocycles. The molecule has 0 spiro atoms. The number of hydrogen-bond acceptors (Lipinski definition) is 9. The van der Waals surface area contributed by atoms with Crippen molar-refractivity contribution in [3.63, 3.8) is 0 Å². The highest BCUT2D eigenvalue weighted by molar-refractivity contribution is 6.02. The highest BCUT2D eigenvalue weighted by atomic mass is 16.5. The number of anilines is 1. The van der Waals surface area contributed by atoms with Crippen LogP contribution in [0, 0.1) is 0 Å². The molecule has 0 saturated carbocycles. The van der Waals surface area contributed by atoms with Gasteiger partial charge in [0.2, 0.25) is 5.78 Å². The molecule has 0 amide bonds. The van der Waals surface area contributed by atoms with E-state index in [-0.39, 0.29) is 12.1 Å². The quantitative estimate of drug-likeness (QED) is 0.214. The van der Waals surface area contributed by atoms with Crippen LogP contribution < -0.4 is 21.7 Å². The van der Waals surface area contributed by atoms with Crippen LogP contribution in [0.5, 0.6) is 5.75 Å². The summed E-state index contributed by atoms with van der Waals surface area (Å²) in [4.78, 5) is 63.5. The molecule has 1 aromatic heterocycles. The van der Waals surface area contributed by atoms with Crippen molar-refractivity contribution in [3.05, 3.63) is 92.1 Å². The van der Waals surface area contributed by atoms with Crippen molar-refractivity contribution in [2.45, 2.75) is 32.9 Å². The third-order valence-corrected chi connectivity index (χ3v) is 5.64. The van der Waals surface area contributed by atoms with E-state index >= 15 is 0 Å². The molecule has 38 heavy (non-hydrogen) atoms. The topological polar surface area (TPSA) is 149 Å². The smallest absolute Gasteiger partial charge is 0.338 e. The zero-order valence-electron chi connectivity index (χ0n) is 21.2. The van der Waals surface area contributed by atoms with Crippen LogP contribution in [0.1, 0.15) is 46.0 Å². The summed E-state index contributed by atoms with van der Waals surface area (Å²) < 4.78 is 16.8. The number of Topliss-reactive ketones (excluding diaryl/α,β-unsaturated/α-hetero) is 1. The predicted octanol–water partition coefficient (Wildman–Crippen LogP) is 2.03. The van der Waals surface area contributed by atoms with Gasteiger partial charge in [-0.3, -0.25) is 19.0 Å². The van der Waals surface area contributed by atoms with E-state index < -0.39 is 53.5 Å². The van der Waals surface area contributed by atoms with E-state index in [1.54, 1.807) is 42.5 Å². The fourth-order valence-electron chi connectivity index (χ4n) is 3.54. The number of ether oxygens (including phenoxy) is 3. The van der Waals surface area contributed by atoms with E-state index in [0.717, 1.165) is 24.5 Å². The lowest BCUT2D eigenvalue weighted by atomic mass is 10.1. The molecule has 11 heteroatoms. The van der Waals surface area contributed by atoms with Crippen molar-refractivity contribution in [1.29, 1.82) is 0 Å². The first-order valence-electron chi connectivity index (χ1n) is 11.9. The van der Waals surface area contributed by atoms with Crippen LogP contribution in [0.15, 0.2) is 64.2 Å². The summed E-state index contributed by atoms with van der Waals surface area (Å²) in [5.41, 5.74) is 4.39. The van der Waals surface area contributed by atoms with Crippen molar-refractivity contribution in [2.24, 2.45) is 0 Å². The molecule has 0 aliphatic heterocycles. The molecule has 1 heterocycles. The normalized spacial score (nSPS) is 10.6. The zero-order chi connectivity index (χ0) is 27.7. The van der Waals surface area contributed by atoms with E-state index in [1.165, 1.54) is 12.1 Å². The lowest BCUT2D eigenvalue weighted by Gasteiger charge is -2.16. The number of methoxy groups -OCH3 is 1. The number of nitrogen functional groups attached to an aromatic ring is 1. The average molecular weight is 524 g/mol. The molecule has 0 aliphatic carbocycles. The summed E-state index contributed by atoms with van der Waals surface area (Å²) in [6.45, 7) is 0.990. The minimum Gasteiger partial charge on any atom is -0.494 e. The summed E-state index contributed by atoms with van der Waals surface area (Å²) in [5, 5.41) is 0. The summed E-state index contributed by atoms with van der Waals surface area (Å²) in [6, 6.07) is 14.9. The molecular weight excluding hydrogens is 494 g/mol. The van der Waals surface area contributed by atoms with Gasteiger partial charge < -0.3 is 19.9 Å². The molecular formula is C27H29N3O8. The molecule has 0 unspecified atom stereocenters. The second kappa shape index (κ2) is 13.0. The van der Waals surface area contributed by atoms with E-state index in [9.17, 15) is 24.0 Å². The molecule has 3 rings (SSSR count). The monoisotopic (exact) mass is 523 g/mol. The second-order valence-electron chi connectivity index (χ2n) is 8.31. The van der Waals surface area contributed by atoms with Gasteiger partial charge in [0.05, 0.1) is 25.8 Å². The van der Waals surface area contributed by atoms with E-state index in [4.69, 9.17) is 15.2 Å². The SMILES string of the molecule is CCCCOc1ccc(C(=O)OCC(=O)c2c(N)n(Cc3ccccc3)c(=O)n(CC(=O)OC)c2=O)cc1. The standard InChI is InChI=1S/C27H29N3O8/c1-3-4-14-37-20-12-10-19(11-13-20)26(34)38-17-21(31)23-24(28)29(15-18-8-6-5-7-9-18)27(35)30(25(23)33)16-22(32)36-2/h5-13H,3-4,14-17,28H2,1-2H3. The van der Waals surface area contributed by atoms with Crippen molar-refractivity contribution < 1.29 is 28.6 Å². The molecule has 0 aliphatic rings. The fourth-order valence-corrected chi connectivity index (χ4v) is 3.54. The number of ketones is 1. The van der Waals surface area contributed by atoms with Gasteiger partial charge >= 0.3 is 17.6 Å². The second-order valence-corrected chi connectivity index (χ2v) is 8.31. The molecule has 3 aromatic rings. The molecule has 11 nitrogen and oxygen atoms in total. The first kappa shape index (κ1) is 27.9. The number of benzene rings is 2. The van der Waals surface area contributed by atoms with Gasteiger partial charge in [-0.15, -0.1) is 0 Å². The van der Waals surface area contributed by atoms with Gasteiger partial charge in [-0.05, 0) is 36.2 Å². The Labute approximate surface area is 218 Å². The Bertz CT molecular complexity index is 1410. The number of nitrogens with zero attached hydrogens (tertiary/aromatic N) is 2. The number of nitrogens with two attached hydrogens (primary N) is 1. The van der Waals surface area contributed by atoms with Crippen LogP contribution in [-0.4, -0.2) is 47.2 Å². The predicted molar refractivity (Wildman–Crippen MR) is 138 cm³/mol. The zero-order valence-corrected chi connectivity index (χ0v) is 21.2. The van der Waals surface area contributed by atoms with Gasteiger partial charge in [-0.25, -0.2) is 14.2 Å². The van der Waals surface area contributed by atoms with Crippen LogP contribution in [-0.2, 0) is 27.4 Å². The van der Waals surface area contributed by atoms with Crippen molar-refractivity contribution in [3.8, 4) is 5.75 Å². The van der Waals surface area contributed by atoms with Gasteiger partial charge in [0.1, 0.15) is 23.7 Å². The Morgan fingerprint density at radius 3 is 2.26 bits per heavy atom. The maximum atomic E-state index is 13.1. The Morgan fingerprint density at radius 2 is 1.63 bits per heavy atom. The van der Waals surface area contributed by atoms with Gasteiger partial charge in [-0.2, -0.15) is 0 Å². The number of aromatic nitrogens is 2. The van der Waals surface area contributed by atoms with Crippen LogP contribution in [0.4, 0.5) is 5.82 Å². The maximum absolute atomic E-state index is 13.1. The number of esters is 2. The fraction of sp³-hybridized carbons (Fsp3) is 0.296. The van der Waals surface area contributed by atoms with Crippen molar-refractivity contribution in [2.75, 3.05) is 26.1 Å². The van der Waals surface area contributed by atoms with Crippen LogP contribution in [0.2, 0.25) is 0 Å². The maximum Gasteiger partial charge on any atom is 0.338 e. The number of carbonyl (C=O) groups excluding carboxylic acids is 3. The Kier molecular flexibility index (Phi) is 9.58. The summed E-state index contributed by atoms with van der Waals surface area (Å²) in [7, 11) is 1.10. The van der Waals surface area contributed by atoms with E-state index in [0.29, 0.717) is 22.5 Å². The summed E-state index contributed by atoms with van der Waals surface area (Å²) in [6.07, 6.45) is 1.88. The minimum atomic E-state index is -1.09. The highest BCUT2D eigenvalue weighted by Crippen LogP contribution is 2.14. The molecule has 2 N–H and O–H groups in total. The molecule has 0 saturated heterocycles. The largest absolute Gasteiger partial charge is 0.494 e. The van der Waals surface area contributed by atoms with Gasteiger partial charge in [-0.1, -0.05) is 43.7 Å². The lowest BCUT2D eigenvalue weighted by molar-refractivity contribution is -0.141. The number of unbranched alkanes of at least 4 members (excludes halogenated alkanes) is 1. The average Bonchev–Trinajstić information content (AvgIpc) is 2.93. The molecule has 0 atom stereocenters. The molecule has 0 radical (unpaired) electrons. The Balaban J connectivity index is 1.86. The first-order valence-corrected chi connectivity index (χ1v) is 11.9. The summed E-state index contributed by atoms with van der Waals surface area (Å²) >= 11 is 0. The van der Waals surface area contributed by atoms with Crippen molar-refractivity contribution in [1.82, 2.24) is 9.13 Å². The number of carbonyl (C=O) groups is 3. The number of hydrogen-bond donors (Lipinski definition) is 1. The van der Waals surface area contributed by atoms with Gasteiger partial charge in [0.25, 0.3) is 5.56 Å². The first-order chi connectivity index (χ1) is 18.3.